The lowest BCUT2D eigenvalue weighted by atomic mass is 9.96. The van der Waals surface area contributed by atoms with Crippen LogP contribution in [0.15, 0.2) is 11.4 Å². The van der Waals surface area contributed by atoms with E-state index in [4.69, 9.17) is 4.84 Å². The van der Waals surface area contributed by atoms with Crippen molar-refractivity contribution in [3.05, 3.63) is 11.9 Å². The van der Waals surface area contributed by atoms with Gasteiger partial charge < -0.3 is 15.5 Å². The average molecular weight is 346 g/mol. The average Bonchev–Trinajstić information content (AvgIpc) is 3.01. The first-order valence-electron chi connectivity index (χ1n) is 8.76. The summed E-state index contributed by atoms with van der Waals surface area (Å²) in [5, 5.41) is 19.9. The van der Waals surface area contributed by atoms with Crippen molar-refractivity contribution in [1.82, 2.24) is 26.0 Å². The largest absolute Gasteiger partial charge is 0.379 e. The van der Waals surface area contributed by atoms with E-state index in [1.54, 1.807) is 6.92 Å². The summed E-state index contributed by atoms with van der Waals surface area (Å²) < 4.78 is 0. The van der Waals surface area contributed by atoms with Gasteiger partial charge in [-0.05, 0) is 39.0 Å². The molecule has 0 spiro atoms. The number of nitrogens with one attached hydrogen (secondary N) is 3. The zero-order valence-electron chi connectivity index (χ0n) is 14.1. The topological polar surface area (TPSA) is 121 Å². The number of H-pyrrole nitrogens is 1. The molecule has 9 nitrogen and oxygen atoms in total. The molecule has 1 unspecified atom stereocenters. The maximum atomic E-state index is 12.6. The van der Waals surface area contributed by atoms with Crippen molar-refractivity contribution >= 4 is 17.5 Å². The molecule has 1 aromatic heterocycles. The molecule has 2 heterocycles. The van der Waals surface area contributed by atoms with Gasteiger partial charge in [-0.3, -0.25) is 9.59 Å². The number of oxime groups is 1. The first kappa shape index (κ1) is 16.0. The molecule has 4 rings (SSSR count). The molecule has 1 aromatic rings. The maximum Gasteiger partial charge on any atom is 0.273 e. The quantitative estimate of drug-likeness (QED) is 0.717. The standard InChI is InChI=1S/C16H22N6O3/c1-16(7-12(21-25-16)9-2-3-9)15(24)19-11-5-4-10(6-11)18-14(23)13-8-17-22-20-13/h8-11H,2-7H2,1H3,(H,18,23)(H,19,24)(H,17,20,22)/t10-,11+,16?/m0/s1. The van der Waals surface area contributed by atoms with E-state index in [1.165, 1.54) is 6.20 Å². The molecule has 2 fully saturated rings. The number of carbonyl (C=O) groups excluding carboxylic acids is 2. The van der Waals surface area contributed by atoms with Gasteiger partial charge in [0.25, 0.3) is 11.8 Å². The van der Waals surface area contributed by atoms with Crippen LogP contribution < -0.4 is 10.6 Å². The van der Waals surface area contributed by atoms with Crippen LogP contribution in [0.1, 0.15) is 55.9 Å². The van der Waals surface area contributed by atoms with Crippen molar-refractivity contribution < 1.29 is 14.4 Å². The lowest BCUT2D eigenvalue weighted by Gasteiger charge is -2.23. The van der Waals surface area contributed by atoms with Crippen LogP contribution in [0.2, 0.25) is 0 Å². The van der Waals surface area contributed by atoms with Crippen LogP contribution in [0, 0.1) is 5.92 Å². The molecule has 9 heteroatoms. The van der Waals surface area contributed by atoms with Crippen LogP contribution in [0.3, 0.4) is 0 Å². The second-order valence-corrected chi connectivity index (χ2v) is 7.36. The van der Waals surface area contributed by atoms with Crippen molar-refractivity contribution in [1.29, 1.82) is 0 Å². The maximum absolute atomic E-state index is 12.6. The smallest absolute Gasteiger partial charge is 0.273 e. The predicted molar refractivity (Wildman–Crippen MR) is 87.7 cm³/mol. The Kier molecular flexibility index (Phi) is 3.93. The molecule has 3 N–H and O–H groups in total. The van der Waals surface area contributed by atoms with Crippen molar-refractivity contribution in [2.24, 2.45) is 11.1 Å². The van der Waals surface area contributed by atoms with Gasteiger partial charge in [-0.1, -0.05) is 5.16 Å². The van der Waals surface area contributed by atoms with E-state index >= 15 is 0 Å². The van der Waals surface area contributed by atoms with Crippen LogP contribution in [0.25, 0.3) is 0 Å². The third-order valence-corrected chi connectivity index (χ3v) is 5.16. The van der Waals surface area contributed by atoms with Crippen molar-refractivity contribution in [3.8, 4) is 0 Å². The number of amides is 2. The molecular weight excluding hydrogens is 324 g/mol. The van der Waals surface area contributed by atoms with E-state index < -0.39 is 5.60 Å². The van der Waals surface area contributed by atoms with Crippen LogP contribution in [-0.4, -0.2) is 50.6 Å². The second-order valence-electron chi connectivity index (χ2n) is 7.36. The molecule has 2 amide bonds. The van der Waals surface area contributed by atoms with Crippen molar-refractivity contribution in [3.63, 3.8) is 0 Å². The normalized spacial score (nSPS) is 31.3. The number of hydrogen-bond donors (Lipinski definition) is 3. The number of aromatic nitrogens is 3. The van der Waals surface area contributed by atoms with Gasteiger partial charge in [0.2, 0.25) is 5.60 Å². The monoisotopic (exact) mass is 346 g/mol. The molecule has 3 atom stereocenters. The molecule has 25 heavy (non-hydrogen) atoms. The van der Waals surface area contributed by atoms with Gasteiger partial charge in [0, 0.05) is 24.4 Å². The van der Waals surface area contributed by atoms with Gasteiger partial charge in [-0.2, -0.15) is 15.4 Å². The van der Waals surface area contributed by atoms with E-state index in [-0.39, 0.29) is 29.6 Å². The summed E-state index contributed by atoms with van der Waals surface area (Å²) in [5.41, 5.74) is 0.380. The Bertz CT molecular complexity index is 699. The SMILES string of the molecule is CC1(C(=O)N[C@@H]2CC[C@H](NC(=O)c3cn[nH]n3)C2)CC(C2CC2)=NO1. The molecule has 2 aliphatic carbocycles. The molecule has 2 saturated carbocycles. The molecule has 3 aliphatic rings. The summed E-state index contributed by atoms with van der Waals surface area (Å²) in [5.74, 6) is 0.136. The number of hydrogen-bond acceptors (Lipinski definition) is 6. The summed E-state index contributed by atoms with van der Waals surface area (Å²) in [6, 6.07) is 0.0468. The highest BCUT2D eigenvalue weighted by molar-refractivity contribution is 5.97. The van der Waals surface area contributed by atoms with E-state index in [1.807, 2.05) is 0 Å². The van der Waals surface area contributed by atoms with Gasteiger partial charge >= 0.3 is 0 Å². The first-order chi connectivity index (χ1) is 12.0. The minimum atomic E-state index is -0.903. The molecule has 1 aliphatic heterocycles. The molecule has 0 bridgehead atoms. The van der Waals surface area contributed by atoms with Crippen LogP contribution in [-0.2, 0) is 9.63 Å². The Morgan fingerprint density at radius 3 is 2.68 bits per heavy atom. The highest BCUT2D eigenvalue weighted by Gasteiger charge is 2.46. The van der Waals surface area contributed by atoms with E-state index in [0.29, 0.717) is 18.8 Å². The Labute approximate surface area is 144 Å². The third-order valence-electron chi connectivity index (χ3n) is 5.16. The Morgan fingerprint density at radius 2 is 2.00 bits per heavy atom. The van der Waals surface area contributed by atoms with Gasteiger partial charge in [0.1, 0.15) is 0 Å². The highest BCUT2D eigenvalue weighted by Crippen LogP contribution is 2.38. The van der Waals surface area contributed by atoms with Crippen LogP contribution in [0.5, 0.6) is 0 Å². The molecule has 134 valence electrons. The van der Waals surface area contributed by atoms with Gasteiger partial charge in [0.05, 0.1) is 11.9 Å². The third kappa shape index (κ3) is 3.35. The van der Waals surface area contributed by atoms with Crippen molar-refractivity contribution in [2.75, 3.05) is 0 Å². The summed E-state index contributed by atoms with van der Waals surface area (Å²) in [6.07, 6.45) is 6.59. The minimum Gasteiger partial charge on any atom is -0.379 e. The molecule has 0 radical (unpaired) electrons. The Balaban J connectivity index is 1.26. The Morgan fingerprint density at radius 1 is 1.24 bits per heavy atom. The lowest BCUT2D eigenvalue weighted by Crippen LogP contribution is -2.48. The first-order valence-corrected chi connectivity index (χ1v) is 8.76. The molecular formula is C16H22N6O3. The summed E-state index contributed by atoms with van der Waals surface area (Å²) in [4.78, 5) is 30.1. The van der Waals surface area contributed by atoms with Gasteiger partial charge in [0.15, 0.2) is 5.69 Å². The van der Waals surface area contributed by atoms with Gasteiger partial charge in [-0.25, -0.2) is 0 Å². The Hall–Kier alpha value is -2.45. The highest BCUT2D eigenvalue weighted by atomic mass is 16.7. The van der Waals surface area contributed by atoms with Crippen molar-refractivity contribution in [2.45, 2.75) is 63.1 Å². The lowest BCUT2D eigenvalue weighted by molar-refractivity contribution is -0.142. The fraction of sp³-hybridized carbons (Fsp3) is 0.688. The molecule has 0 aromatic carbocycles. The number of aromatic amines is 1. The zero-order chi connectivity index (χ0) is 17.4. The fourth-order valence-electron chi connectivity index (χ4n) is 3.48. The molecule has 0 saturated heterocycles. The summed E-state index contributed by atoms with van der Waals surface area (Å²) in [6.45, 7) is 1.79. The summed E-state index contributed by atoms with van der Waals surface area (Å²) >= 11 is 0. The van der Waals surface area contributed by atoms with E-state index in [9.17, 15) is 9.59 Å². The second kappa shape index (κ2) is 6.12. The predicted octanol–water partition coefficient (Wildman–Crippen LogP) is 0.517. The number of rotatable bonds is 5. The fourth-order valence-corrected chi connectivity index (χ4v) is 3.48. The summed E-state index contributed by atoms with van der Waals surface area (Å²) in [7, 11) is 0. The van der Waals surface area contributed by atoms with Crippen LogP contribution >= 0.6 is 0 Å². The van der Waals surface area contributed by atoms with Gasteiger partial charge in [-0.15, -0.1) is 0 Å². The van der Waals surface area contributed by atoms with E-state index in [2.05, 4.69) is 31.2 Å². The van der Waals surface area contributed by atoms with E-state index in [0.717, 1.165) is 31.4 Å². The zero-order valence-corrected chi connectivity index (χ0v) is 14.1. The minimum absolute atomic E-state index is 0.0186. The number of carbonyl (C=O) groups is 2. The van der Waals surface area contributed by atoms with Crippen LogP contribution in [0.4, 0.5) is 0 Å². The number of nitrogens with zero attached hydrogens (tertiary/aromatic N) is 3.